The van der Waals surface area contributed by atoms with Gasteiger partial charge in [-0.2, -0.15) is 0 Å². The van der Waals surface area contributed by atoms with Gasteiger partial charge in [-0.3, -0.25) is 4.79 Å². The Balaban J connectivity index is 1.80. The number of methoxy groups -OCH3 is 1. The molecule has 0 aliphatic carbocycles. The lowest BCUT2D eigenvalue weighted by Crippen LogP contribution is -2.54. The third-order valence-corrected chi connectivity index (χ3v) is 4.34. The molecule has 20 heavy (non-hydrogen) atoms. The molecular formula is C13H17ClN4O2. The fourth-order valence-corrected chi connectivity index (χ4v) is 3.25. The highest BCUT2D eigenvalue weighted by atomic mass is 35.5. The van der Waals surface area contributed by atoms with E-state index in [-0.39, 0.29) is 11.9 Å². The fourth-order valence-electron chi connectivity index (χ4n) is 3.05. The van der Waals surface area contributed by atoms with Crippen molar-refractivity contribution in [3.63, 3.8) is 0 Å². The van der Waals surface area contributed by atoms with Crippen LogP contribution < -0.4 is 15.0 Å². The summed E-state index contributed by atoms with van der Waals surface area (Å²) in [4.78, 5) is 21.9. The molecule has 0 bridgehead atoms. The monoisotopic (exact) mass is 296 g/mol. The van der Waals surface area contributed by atoms with E-state index < -0.39 is 0 Å². The fraction of sp³-hybridized carbons (Fsp3) is 0.615. The quantitative estimate of drug-likeness (QED) is 0.832. The molecule has 0 spiro atoms. The maximum absolute atomic E-state index is 11.4. The Hall–Kier alpha value is -1.56. The molecule has 2 saturated heterocycles. The van der Waals surface area contributed by atoms with E-state index in [1.165, 1.54) is 6.33 Å². The van der Waals surface area contributed by atoms with Crippen LogP contribution in [-0.4, -0.2) is 42.1 Å². The van der Waals surface area contributed by atoms with E-state index in [4.69, 9.17) is 16.3 Å². The van der Waals surface area contributed by atoms with E-state index in [9.17, 15) is 4.79 Å². The Morgan fingerprint density at radius 1 is 1.45 bits per heavy atom. The number of aromatic nitrogens is 2. The van der Waals surface area contributed by atoms with Gasteiger partial charge in [-0.05, 0) is 18.8 Å². The van der Waals surface area contributed by atoms with Crippen LogP contribution in [0.2, 0.25) is 5.15 Å². The van der Waals surface area contributed by atoms with Crippen molar-refractivity contribution in [1.29, 1.82) is 0 Å². The van der Waals surface area contributed by atoms with Crippen LogP contribution in [-0.2, 0) is 4.79 Å². The number of carbonyl (C=O) groups excluding carboxylic acids is 1. The highest BCUT2D eigenvalue weighted by Crippen LogP contribution is 2.35. The lowest BCUT2D eigenvalue weighted by Gasteiger charge is -2.42. The molecule has 2 aliphatic rings. The predicted molar refractivity (Wildman–Crippen MR) is 75.1 cm³/mol. The van der Waals surface area contributed by atoms with Crippen LogP contribution in [0, 0.1) is 5.92 Å². The molecule has 0 aromatic carbocycles. The second-order valence-electron chi connectivity index (χ2n) is 5.23. The molecule has 3 rings (SSSR count). The molecular weight excluding hydrogens is 280 g/mol. The number of fused-ring (bicyclic) bond motifs is 1. The molecule has 1 aromatic rings. The van der Waals surface area contributed by atoms with Crippen molar-refractivity contribution in [3.05, 3.63) is 11.5 Å². The molecule has 2 fully saturated rings. The zero-order valence-corrected chi connectivity index (χ0v) is 12.1. The summed E-state index contributed by atoms with van der Waals surface area (Å²) >= 11 is 6.05. The first kappa shape index (κ1) is 13.4. The van der Waals surface area contributed by atoms with Crippen LogP contribution in [0.4, 0.5) is 5.82 Å². The van der Waals surface area contributed by atoms with Gasteiger partial charge in [0.15, 0.2) is 16.7 Å². The van der Waals surface area contributed by atoms with Gasteiger partial charge in [-0.15, -0.1) is 0 Å². The Labute approximate surface area is 122 Å². The van der Waals surface area contributed by atoms with Crippen LogP contribution in [0.5, 0.6) is 5.75 Å². The summed E-state index contributed by atoms with van der Waals surface area (Å²) in [5, 5.41) is 3.40. The summed E-state index contributed by atoms with van der Waals surface area (Å²) in [6, 6.07) is 0.288. The minimum Gasteiger partial charge on any atom is -0.490 e. The van der Waals surface area contributed by atoms with Crippen LogP contribution in [0.1, 0.15) is 19.3 Å². The van der Waals surface area contributed by atoms with E-state index in [1.54, 1.807) is 7.11 Å². The Morgan fingerprint density at radius 3 is 3.10 bits per heavy atom. The summed E-state index contributed by atoms with van der Waals surface area (Å²) in [7, 11) is 1.57. The van der Waals surface area contributed by atoms with Gasteiger partial charge >= 0.3 is 0 Å². The largest absolute Gasteiger partial charge is 0.490 e. The van der Waals surface area contributed by atoms with Gasteiger partial charge in [0.05, 0.1) is 7.11 Å². The number of nitrogens with one attached hydrogen (secondary N) is 1. The molecule has 6 nitrogen and oxygen atoms in total. The normalized spacial score (nSPS) is 25.9. The predicted octanol–water partition coefficient (Wildman–Crippen LogP) is 1.24. The lowest BCUT2D eigenvalue weighted by molar-refractivity contribution is -0.124. The molecule has 2 unspecified atom stereocenters. The topological polar surface area (TPSA) is 67.4 Å². The Kier molecular flexibility index (Phi) is 3.65. The summed E-state index contributed by atoms with van der Waals surface area (Å²) in [6.07, 6.45) is 3.90. The van der Waals surface area contributed by atoms with Crippen LogP contribution in [0.15, 0.2) is 6.33 Å². The van der Waals surface area contributed by atoms with E-state index in [1.807, 2.05) is 0 Å². The second kappa shape index (κ2) is 5.44. The van der Waals surface area contributed by atoms with Crippen LogP contribution in [0.25, 0.3) is 0 Å². The number of piperidine rings is 2. The Morgan fingerprint density at radius 2 is 2.30 bits per heavy atom. The van der Waals surface area contributed by atoms with Gasteiger partial charge < -0.3 is 15.0 Å². The first-order valence-corrected chi connectivity index (χ1v) is 7.15. The van der Waals surface area contributed by atoms with Gasteiger partial charge in [0, 0.05) is 25.6 Å². The van der Waals surface area contributed by atoms with Gasteiger partial charge in [0.25, 0.3) is 0 Å². The molecule has 2 atom stereocenters. The third-order valence-electron chi connectivity index (χ3n) is 4.07. The van der Waals surface area contributed by atoms with Gasteiger partial charge in [-0.25, -0.2) is 9.97 Å². The summed E-state index contributed by atoms with van der Waals surface area (Å²) in [5.74, 6) is 1.89. The van der Waals surface area contributed by atoms with Crippen LogP contribution >= 0.6 is 11.6 Å². The number of ether oxygens (including phenoxy) is 1. The van der Waals surface area contributed by atoms with Gasteiger partial charge in [0.2, 0.25) is 5.91 Å². The van der Waals surface area contributed by atoms with E-state index >= 15 is 0 Å². The van der Waals surface area contributed by atoms with E-state index in [0.29, 0.717) is 23.2 Å². The maximum atomic E-state index is 11.4. The third kappa shape index (κ3) is 2.40. The standard InChI is InChI=1S/C13H17ClN4O2/c1-20-11-12(14)15-7-16-13(11)18-5-4-9-8(6-18)2-3-10(19)17-9/h7-9H,2-6H2,1H3,(H,17,19). The first-order chi connectivity index (χ1) is 9.69. The minimum atomic E-state index is 0.169. The van der Waals surface area contributed by atoms with Crippen LogP contribution in [0.3, 0.4) is 0 Å². The van der Waals surface area contributed by atoms with E-state index in [0.717, 1.165) is 31.7 Å². The average molecular weight is 297 g/mol. The number of hydrogen-bond donors (Lipinski definition) is 1. The van der Waals surface area contributed by atoms with Crippen molar-refractivity contribution in [2.24, 2.45) is 5.92 Å². The van der Waals surface area contributed by atoms with Crippen molar-refractivity contribution in [2.75, 3.05) is 25.1 Å². The first-order valence-electron chi connectivity index (χ1n) is 6.78. The molecule has 108 valence electrons. The number of halogens is 1. The van der Waals surface area contributed by atoms with E-state index in [2.05, 4.69) is 20.2 Å². The van der Waals surface area contributed by atoms with Crippen molar-refractivity contribution in [3.8, 4) is 5.75 Å². The second-order valence-corrected chi connectivity index (χ2v) is 5.59. The molecule has 7 heteroatoms. The zero-order valence-electron chi connectivity index (χ0n) is 11.3. The minimum absolute atomic E-state index is 0.169. The number of hydrogen-bond acceptors (Lipinski definition) is 5. The molecule has 2 aliphatic heterocycles. The number of amides is 1. The molecule has 3 heterocycles. The summed E-state index contributed by atoms with van der Waals surface area (Å²) < 4.78 is 5.31. The highest BCUT2D eigenvalue weighted by molar-refractivity contribution is 6.31. The molecule has 1 N–H and O–H groups in total. The number of carbonyl (C=O) groups is 1. The van der Waals surface area contributed by atoms with Crippen molar-refractivity contribution in [2.45, 2.75) is 25.3 Å². The highest BCUT2D eigenvalue weighted by Gasteiger charge is 2.35. The smallest absolute Gasteiger partial charge is 0.220 e. The van der Waals surface area contributed by atoms with Gasteiger partial charge in [-0.1, -0.05) is 11.6 Å². The average Bonchev–Trinajstić information content (AvgIpc) is 2.46. The molecule has 0 radical (unpaired) electrons. The number of rotatable bonds is 2. The lowest BCUT2D eigenvalue weighted by atomic mass is 9.85. The molecule has 1 aromatic heterocycles. The maximum Gasteiger partial charge on any atom is 0.220 e. The molecule has 0 saturated carbocycles. The summed E-state index contributed by atoms with van der Waals surface area (Å²) in [6.45, 7) is 1.68. The number of nitrogens with zero attached hydrogens (tertiary/aromatic N) is 3. The zero-order chi connectivity index (χ0) is 14.1. The Bertz CT molecular complexity index is 525. The van der Waals surface area contributed by atoms with Crippen molar-refractivity contribution >= 4 is 23.3 Å². The molecule has 1 amide bonds. The number of anilines is 1. The van der Waals surface area contributed by atoms with Crippen molar-refractivity contribution in [1.82, 2.24) is 15.3 Å². The SMILES string of the molecule is COc1c(Cl)ncnc1N1CCC2NC(=O)CCC2C1. The summed E-state index contributed by atoms with van der Waals surface area (Å²) in [5.41, 5.74) is 0. The van der Waals surface area contributed by atoms with Gasteiger partial charge in [0.1, 0.15) is 6.33 Å². The van der Waals surface area contributed by atoms with Crippen molar-refractivity contribution < 1.29 is 9.53 Å².